The number of carbonyl (C=O) groups excluding carboxylic acids is 1. The van der Waals surface area contributed by atoms with Crippen LogP contribution in [0.1, 0.15) is 19.4 Å². The number of fused-ring (bicyclic) bond motifs is 2. The van der Waals surface area contributed by atoms with Gasteiger partial charge in [0, 0.05) is 0 Å². The average Bonchev–Trinajstić information content (AvgIpc) is 2.96. The standard InChI is InChI=1S/C17H18N6OS/c1-8(2)12-16(24)22-13-14(21-12)18-7-19-15(13)23-17-20-10-5-4-9(3)6-11(10)25-17/h4-8,12H,1-3H3,(H,22,24)(H2,18,19,20,21,23). The molecule has 1 aliphatic heterocycles. The molecule has 3 N–H and O–H groups in total. The second-order valence-electron chi connectivity index (χ2n) is 6.42. The smallest absolute Gasteiger partial charge is 0.247 e. The third-order valence-electron chi connectivity index (χ3n) is 4.11. The molecule has 0 aliphatic carbocycles. The van der Waals surface area contributed by atoms with Crippen molar-refractivity contribution in [2.45, 2.75) is 26.8 Å². The van der Waals surface area contributed by atoms with E-state index in [1.165, 1.54) is 11.9 Å². The number of aromatic nitrogens is 3. The largest absolute Gasteiger partial charge is 0.356 e. The van der Waals surface area contributed by atoms with Gasteiger partial charge in [0.1, 0.15) is 18.1 Å². The van der Waals surface area contributed by atoms with Crippen LogP contribution in [-0.4, -0.2) is 26.9 Å². The van der Waals surface area contributed by atoms with E-state index in [2.05, 4.69) is 43.9 Å². The van der Waals surface area contributed by atoms with Gasteiger partial charge in [-0.2, -0.15) is 0 Å². The third kappa shape index (κ3) is 2.89. The van der Waals surface area contributed by atoms with Gasteiger partial charge in [-0.15, -0.1) is 0 Å². The number of nitrogens with zero attached hydrogens (tertiary/aromatic N) is 3. The second kappa shape index (κ2) is 5.96. The maximum absolute atomic E-state index is 12.3. The quantitative estimate of drug-likeness (QED) is 0.666. The molecule has 0 saturated heterocycles. The Balaban J connectivity index is 1.67. The molecule has 3 aromatic rings. The summed E-state index contributed by atoms with van der Waals surface area (Å²) in [5.74, 6) is 1.23. The summed E-state index contributed by atoms with van der Waals surface area (Å²) in [5.41, 5.74) is 2.68. The summed E-state index contributed by atoms with van der Waals surface area (Å²) >= 11 is 1.55. The first kappa shape index (κ1) is 15.8. The lowest BCUT2D eigenvalue weighted by molar-refractivity contribution is -0.117. The van der Waals surface area contributed by atoms with Crippen LogP contribution in [0.3, 0.4) is 0 Å². The van der Waals surface area contributed by atoms with Gasteiger partial charge < -0.3 is 16.0 Å². The molecule has 25 heavy (non-hydrogen) atoms. The van der Waals surface area contributed by atoms with Crippen molar-refractivity contribution in [3.8, 4) is 0 Å². The average molecular weight is 354 g/mol. The highest BCUT2D eigenvalue weighted by Crippen LogP contribution is 2.35. The first-order valence-electron chi connectivity index (χ1n) is 8.08. The lowest BCUT2D eigenvalue weighted by atomic mass is 10.0. The van der Waals surface area contributed by atoms with Gasteiger partial charge in [-0.05, 0) is 30.5 Å². The number of amides is 1. The molecule has 1 aromatic carbocycles. The van der Waals surface area contributed by atoms with Crippen molar-refractivity contribution in [2.75, 3.05) is 16.0 Å². The molecule has 128 valence electrons. The molecule has 1 amide bonds. The van der Waals surface area contributed by atoms with Crippen molar-refractivity contribution in [3.05, 3.63) is 30.1 Å². The van der Waals surface area contributed by atoms with Crippen LogP contribution in [0.25, 0.3) is 10.2 Å². The molecule has 1 aliphatic rings. The maximum atomic E-state index is 12.3. The Morgan fingerprint density at radius 1 is 1.28 bits per heavy atom. The highest BCUT2D eigenvalue weighted by Gasteiger charge is 2.30. The number of anilines is 4. The van der Waals surface area contributed by atoms with E-state index in [0.717, 1.165) is 15.3 Å². The van der Waals surface area contributed by atoms with E-state index in [9.17, 15) is 4.79 Å². The number of carbonyl (C=O) groups is 1. The van der Waals surface area contributed by atoms with Crippen molar-refractivity contribution in [2.24, 2.45) is 5.92 Å². The Morgan fingerprint density at radius 2 is 2.12 bits per heavy atom. The van der Waals surface area contributed by atoms with E-state index < -0.39 is 0 Å². The van der Waals surface area contributed by atoms with Gasteiger partial charge in [-0.25, -0.2) is 15.0 Å². The summed E-state index contributed by atoms with van der Waals surface area (Å²) in [7, 11) is 0. The molecular weight excluding hydrogens is 336 g/mol. The molecule has 0 fully saturated rings. The molecule has 7 nitrogen and oxygen atoms in total. The van der Waals surface area contributed by atoms with Crippen molar-refractivity contribution >= 4 is 49.9 Å². The zero-order valence-corrected chi connectivity index (χ0v) is 14.9. The lowest BCUT2D eigenvalue weighted by Gasteiger charge is -2.29. The van der Waals surface area contributed by atoms with Gasteiger partial charge in [0.15, 0.2) is 16.8 Å². The van der Waals surface area contributed by atoms with Crippen LogP contribution in [0.2, 0.25) is 0 Å². The van der Waals surface area contributed by atoms with Gasteiger partial charge in [0.05, 0.1) is 10.2 Å². The second-order valence-corrected chi connectivity index (χ2v) is 7.45. The van der Waals surface area contributed by atoms with Crippen LogP contribution in [0.15, 0.2) is 24.5 Å². The van der Waals surface area contributed by atoms with Crippen LogP contribution in [-0.2, 0) is 4.79 Å². The van der Waals surface area contributed by atoms with E-state index in [4.69, 9.17) is 0 Å². The first-order valence-corrected chi connectivity index (χ1v) is 8.89. The maximum Gasteiger partial charge on any atom is 0.247 e. The summed E-state index contributed by atoms with van der Waals surface area (Å²) in [6, 6.07) is 5.83. The Morgan fingerprint density at radius 3 is 2.92 bits per heavy atom. The molecule has 0 saturated carbocycles. The number of nitrogens with one attached hydrogen (secondary N) is 3. The predicted molar refractivity (Wildman–Crippen MR) is 101 cm³/mol. The Hall–Kier alpha value is -2.74. The number of thiazole rings is 1. The monoisotopic (exact) mass is 354 g/mol. The first-order chi connectivity index (χ1) is 12.0. The summed E-state index contributed by atoms with van der Waals surface area (Å²) in [6.45, 7) is 6.04. The molecule has 0 spiro atoms. The van der Waals surface area contributed by atoms with Gasteiger partial charge in [-0.3, -0.25) is 4.79 Å². The Bertz CT molecular complexity index is 967. The number of hydrogen-bond donors (Lipinski definition) is 3. The van der Waals surface area contributed by atoms with Crippen molar-refractivity contribution in [1.29, 1.82) is 0 Å². The highest BCUT2D eigenvalue weighted by atomic mass is 32.1. The minimum atomic E-state index is -0.305. The van der Waals surface area contributed by atoms with E-state index >= 15 is 0 Å². The van der Waals surface area contributed by atoms with Crippen LogP contribution < -0.4 is 16.0 Å². The van der Waals surface area contributed by atoms with Gasteiger partial charge >= 0.3 is 0 Å². The van der Waals surface area contributed by atoms with Crippen LogP contribution >= 0.6 is 11.3 Å². The SMILES string of the molecule is Cc1ccc2nc(Nc3ncnc4c3NC(=O)C(C(C)C)N4)sc2c1. The number of benzene rings is 1. The van der Waals surface area contributed by atoms with Gasteiger partial charge in [0.25, 0.3) is 0 Å². The topological polar surface area (TPSA) is 91.8 Å². The van der Waals surface area contributed by atoms with E-state index in [1.54, 1.807) is 11.3 Å². The Labute approximate surface area is 148 Å². The molecule has 1 atom stereocenters. The van der Waals surface area contributed by atoms with E-state index in [-0.39, 0.29) is 17.9 Å². The molecule has 2 aromatic heterocycles. The molecule has 0 bridgehead atoms. The van der Waals surface area contributed by atoms with Crippen molar-refractivity contribution in [3.63, 3.8) is 0 Å². The summed E-state index contributed by atoms with van der Waals surface area (Å²) in [6.07, 6.45) is 1.47. The fraction of sp³-hybridized carbons (Fsp3) is 0.294. The fourth-order valence-electron chi connectivity index (χ4n) is 2.78. The van der Waals surface area contributed by atoms with Crippen LogP contribution in [0.4, 0.5) is 22.5 Å². The number of hydrogen-bond acceptors (Lipinski definition) is 7. The Kier molecular flexibility index (Phi) is 3.76. The molecule has 1 unspecified atom stereocenters. The number of aryl methyl sites for hydroxylation is 1. The minimum Gasteiger partial charge on any atom is -0.356 e. The van der Waals surface area contributed by atoms with Gasteiger partial charge in [-0.1, -0.05) is 31.3 Å². The minimum absolute atomic E-state index is 0.0831. The molecular formula is C17H18N6OS. The zero-order chi connectivity index (χ0) is 17.6. The van der Waals surface area contributed by atoms with Crippen molar-refractivity contribution in [1.82, 2.24) is 15.0 Å². The molecule has 0 radical (unpaired) electrons. The van der Waals surface area contributed by atoms with Crippen molar-refractivity contribution < 1.29 is 4.79 Å². The number of rotatable bonds is 3. The third-order valence-corrected chi connectivity index (χ3v) is 5.04. The normalized spacial score (nSPS) is 16.5. The zero-order valence-electron chi connectivity index (χ0n) is 14.1. The molecule has 3 heterocycles. The lowest BCUT2D eigenvalue weighted by Crippen LogP contribution is -2.43. The fourth-order valence-corrected chi connectivity index (χ4v) is 3.74. The highest BCUT2D eigenvalue weighted by molar-refractivity contribution is 7.22. The van der Waals surface area contributed by atoms with Gasteiger partial charge in [0.2, 0.25) is 5.91 Å². The van der Waals surface area contributed by atoms with E-state index in [1.807, 2.05) is 26.0 Å². The van der Waals surface area contributed by atoms with Crippen LogP contribution in [0.5, 0.6) is 0 Å². The molecule has 8 heteroatoms. The summed E-state index contributed by atoms with van der Waals surface area (Å²) < 4.78 is 1.10. The molecule has 4 rings (SSSR count). The van der Waals surface area contributed by atoms with E-state index in [0.29, 0.717) is 17.3 Å². The summed E-state index contributed by atoms with van der Waals surface area (Å²) in [4.78, 5) is 25.4. The van der Waals surface area contributed by atoms with Crippen LogP contribution in [0, 0.1) is 12.8 Å². The predicted octanol–water partition coefficient (Wildman–Crippen LogP) is 3.53. The summed E-state index contributed by atoms with van der Waals surface area (Å²) in [5, 5.41) is 10.0.